The molecule has 0 unspecified atom stereocenters. The van der Waals surface area contributed by atoms with Gasteiger partial charge in [-0.25, -0.2) is 0 Å². The van der Waals surface area contributed by atoms with Crippen molar-refractivity contribution in [1.29, 1.82) is 0 Å². The van der Waals surface area contributed by atoms with Crippen LogP contribution in [-0.2, 0) is 17.6 Å². The maximum absolute atomic E-state index is 12.5. The van der Waals surface area contributed by atoms with Crippen molar-refractivity contribution in [3.8, 4) is 0 Å². The van der Waals surface area contributed by atoms with Crippen LogP contribution >= 0.6 is 0 Å². The summed E-state index contributed by atoms with van der Waals surface area (Å²) in [6, 6.07) is 20.5. The lowest BCUT2D eigenvalue weighted by Gasteiger charge is -2.18. The van der Waals surface area contributed by atoms with Gasteiger partial charge in [0.15, 0.2) is 0 Å². The molecular formula is C22H31N3O. The normalized spacial score (nSPS) is 11.9. The van der Waals surface area contributed by atoms with Crippen molar-refractivity contribution >= 4 is 5.91 Å². The SMILES string of the molecule is NCCC[C@H](NCCc1ccccc1)C(=O)NCCCc1ccccc1. The molecule has 0 saturated heterocycles. The van der Waals surface area contributed by atoms with Crippen LogP contribution in [0.1, 0.15) is 30.4 Å². The highest BCUT2D eigenvalue weighted by Gasteiger charge is 2.16. The van der Waals surface area contributed by atoms with Crippen LogP contribution in [0, 0.1) is 0 Å². The van der Waals surface area contributed by atoms with Crippen LogP contribution in [0.3, 0.4) is 0 Å². The molecule has 0 radical (unpaired) electrons. The summed E-state index contributed by atoms with van der Waals surface area (Å²) in [6.07, 6.45) is 4.47. The Hall–Kier alpha value is -2.17. The van der Waals surface area contributed by atoms with E-state index in [1.54, 1.807) is 0 Å². The zero-order chi connectivity index (χ0) is 18.5. The summed E-state index contributed by atoms with van der Waals surface area (Å²) < 4.78 is 0. The lowest BCUT2D eigenvalue weighted by atomic mass is 10.1. The first-order valence-corrected chi connectivity index (χ1v) is 9.58. The highest BCUT2D eigenvalue weighted by atomic mass is 16.2. The molecule has 0 heterocycles. The van der Waals surface area contributed by atoms with E-state index < -0.39 is 0 Å². The second-order valence-corrected chi connectivity index (χ2v) is 6.55. The summed E-state index contributed by atoms with van der Waals surface area (Å²) in [5.74, 6) is 0.0829. The average molecular weight is 354 g/mol. The third kappa shape index (κ3) is 7.81. The van der Waals surface area contributed by atoms with Crippen LogP contribution in [0.25, 0.3) is 0 Å². The fraction of sp³-hybridized carbons (Fsp3) is 0.409. The lowest BCUT2D eigenvalue weighted by Crippen LogP contribution is -2.45. The van der Waals surface area contributed by atoms with Crippen LogP contribution < -0.4 is 16.4 Å². The molecule has 0 aliphatic rings. The minimum Gasteiger partial charge on any atom is -0.355 e. The van der Waals surface area contributed by atoms with Gasteiger partial charge in [-0.2, -0.15) is 0 Å². The topological polar surface area (TPSA) is 67.1 Å². The van der Waals surface area contributed by atoms with E-state index in [9.17, 15) is 4.79 Å². The van der Waals surface area contributed by atoms with E-state index in [4.69, 9.17) is 5.73 Å². The van der Waals surface area contributed by atoms with E-state index in [0.29, 0.717) is 13.1 Å². The standard InChI is InChI=1S/C22H31N3O/c23-16-7-14-21(24-18-15-20-11-5-2-6-12-20)22(26)25-17-8-13-19-9-3-1-4-10-19/h1-6,9-12,21,24H,7-8,13-18,23H2,(H,25,26)/t21-/m0/s1. The molecule has 0 fully saturated rings. The van der Waals surface area contributed by atoms with E-state index >= 15 is 0 Å². The van der Waals surface area contributed by atoms with Crippen LogP contribution in [0.4, 0.5) is 0 Å². The highest BCUT2D eigenvalue weighted by molar-refractivity contribution is 5.81. The number of carbonyl (C=O) groups is 1. The summed E-state index contributed by atoms with van der Waals surface area (Å²) in [7, 11) is 0. The number of rotatable bonds is 12. The number of hydrogen-bond acceptors (Lipinski definition) is 3. The maximum atomic E-state index is 12.5. The zero-order valence-electron chi connectivity index (χ0n) is 15.5. The molecule has 0 aliphatic carbocycles. The summed E-state index contributed by atoms with van der Waals surface area (Å²) in [5, 5.41) is 6.46. The fourth-order valence-electron chi connectivity index (χ4n) is 2.96. The average Bonchev–Trinajstić information content (AvgIpc) is 2.69. The number of amides is 1. The Labute approximate surface area is 157 Å². The van der Waals surface area contributed by atoms with Crippen molar-refractivity contribution < 1.29 is 4.79 Å². The lowest BCUT2D eigenvalue weighted by molar-refractivity contribution is -0.123. The summed E-state index contributed by atoms with van der Waals surface area (Å²) >= 11 is 0. The third-order valence-electron chi connectivity index (χ3n) is 4.44. The van der Waals surface area contributed by atoms with Gasteiger partial charge in [0, 0.05) is 6.54 Å². The zero-order valence-corrected chi connectivity index (χ0v) is 15.5. The number of benzene rings is 2. The predicted octanol–water partition coefficient (Wildman–Crippen LogP) is 2.68. The molecular weight excluding hydrogens is 322 g/mol. The number of carbonyl (C=O) groups excluding carboxylic acids is 1. The first-order valence-electron chi connectivity index (χ1n) is 9.58. The fourth-order valence-corrected chi connectivity index (χ4v) is 2.96. The van der Waals surface area contributed by atoms with Crippen molar-refractivity contribution in [3.05, 3.63) is 71.8 Å². The predicted molar refractivity (Wildman–Crippen MR) is 108 cm³/mol. The van der Waals surface area contributed by atoms with Gasteiger partial charge in [0.25, 0.3) is 0 Å². The molecule has 4 heteroatoms. The summed E-state index contributed by atoms with van der Waals surface area (Å²) in [4.78, 5) is 12.5. The molecule has 0 spiro atoms. The minimum atomic E-state index is -0.168. The Morgan fingerprint density at radius 1 is 0.846 bits per heavy atom. The van der Waals surface area contributed by atoms with E-state index in [2.05, 4.69) is 34.9 Å². The Balaban J connectivity index is 1.70. The summed E-state index contributed by atoms with van der Waals surface area (Å²) in [5.41, 5.74) is 8.21. The molecule has 1 atom stereocenters. The van der Waals surface area contributed by atoms with Crippen molar-refractivity contribution in [1.82, 2.24) is 10.6 Å². The Bertz CT molecular complexity index is 616. The number of nitrogens with two attached hydrogens (primary N) is 1. The largest absolute Gasteiger partial charge is 0.355 e. The van der Waals surface area contributed by atoms with Gasteiger partial charge < -0.3 is 16.4 Å². The Kier molecular flexibility index (Phi) is 9.47. The molecule has 4 N–H and O–H groups in total. The maximum Gasteiger partial charge on any atom is 0.237 e. The summed E-state index contributed by atoms with van der Waals surface area (Å²) in [6.45, 7) is 2.10. The molecule has 2 aromatic carbocycles. The molecule has 2 rings (SSSR count). The van der Waals surface area contributed by atoms with Crippen molar-refractivity contribution in [3.63, 3.8) is 0 Å². The first-order chi connectivity index (χ1) is 12.8. The Morgan fingerprint density at radius 2 is 1.46 bits per heavy atom. The number of hydrogen-bond donors (Lipinski definition) is 3. The van der Waals surface area contributed by atoms with Crippen LogP contribution in [0.5, 0.6) is 0 Å². The van der Waals surface area contributed by atoms with Gasteiger partial charge in [0.1, 0.15) is 0 Å². The van der Waals surface area contributed by atoms with Gasteiger partial charge >= 0.3 is 0 Å². The van der Waals surface area contributed by atoms with Crippen molar-refractivity contribution in [2.75, 3.05) is 19.6 Å². The molecule has 0 saturated carbocycles. The first kappa shape index (κ1) is 20.1. The highest BCUT2D eigenvalue weighted by Crippen LogP contribution is 2.03. The van der Waals surface area contributed by atoms with E-state index in [-0.39, 0.29) is 11.9 Å². The van der Waals surface area contributed by atoms with E-state index in [0.717, 1.165) is 38.6 Å². The second-order valence-electron chi connectivity index (χ2n) is 6.55. The number of aryl methyl sites for hydroxylation is 1. The number of nitrogens with one attached hydrogen (secondary N) is 2. The Morgan fingerprint density at radius 3 is 2.08 bits per heavy atom. The molecule has 2 aromatic rings. The van der Waals surface area contributed by atoms with Gasteiger partial charge in [-0.15, -0.1) is 0 Å². The van der Waals surface area contributed by atoms with Gasteiger partial charge in [-0.3, -0.25) is 4.79 Å². The molecule has 26 heavy (non-hydrogen) atoms. The van der Waals surface area contributed by atoms with Crippen molar-refractivity contribution in [2.45, 2.75) is 38.1 Å². The van der Waals surface area contributed by atoms with Gasteiger partial charge in [0.2, 0.25) is 5.91 Å². The van der Waals surface area contributed by atoms with E-state index in [1.165, 1.54) is 11.1 Å². The second kappa shape index (κ2) is 12.2. The molecule has 0 bridgehead atoms. The van der Waals surface area contributed by atoms with Crippen LogP contribution in [0.2, 0.25) is 0 Å². The smallest absolute Gasteiger partial charge is 0.237 e. The molecule has 140 valence electrons. The molecule has 0 aliphatic heterocycles. The van der Waals surface area contributed by atoms with Gasteiger partial charge in [0.05, 0.1) is 6.04 Å². The quantitative estimate of drug-likeness (QED) is 0.514. The molecule has 0 aromatic heterocycles. The molecule has 1 amide bonds. The van der Waals surface area contributed by atoms with Crippen LogP contribution in [-0.4, -0.2) is 31.6 Å². The minimum absolute atomic E-state index is 0.0829. The van der Waals surface area contributed by atoms with Crippen LogP contribution in [0.15, 0.2) is 60.7 Å². The van der Waals surface area contributed by atoms with Gasteiger partial charge in [-0.1, -0.05) is 60.7 Å². The van der Waals surface area contributed by atoms with Gasteiger partial charge in [-0.05, 0) is 56.3 Å². The van der Waals surface area contributed by atoms with E-state index in [1.807, 2.05) is 36.4 Å². The third-order valence-corrected chi connectivity index (χ3v) is 4.44. The molecule has 4 nitrogen and oxygen atoms in total. The monoisotopic (exact) mass is 353 g/mol. The van der Waals surface area contributed by atoms with Crippen molar-refractivity contribution in [2.24, 2.45) is 5.73 Å².